The number of hydrogen-bond acceptors (Lipinski definition) is 4. The maximum absolute atomic E-state index is 5.90. The topological polar surface area (TPSA) is 43.6 Å². The molecule has 0 saturated carbocycles. The van der Waals surface area contributed by atoms with E-state index in [-0.39, 0.29) is 6.04 Å². The number of alkyl halides is 1. The SMILES string of the molecule is Cc1csc(C(C)n2c(CCCl)nc3cccnc32)n1. The highest BCUT2D eigenvalue weighted by atomic mass is 35.5. The first-order valence-electron chi connectivity index (χ1n) is 6.50. The lowest BCUT2D eigenvalue weighted by molar-refractivity contribution is 0.614. The largest absolute Gasteiger partial charge is 0.303 e. The van der Waals surface area contributed by atoms with E-state index in [2.05, 4.69) is 31.8 Å². The fraction of sp³-hybridized carbons (Fsp3) is 0.357. The molecule has 0 bridgehead atoms. The van der Waals surface area contributed by atoms with E-state index in [0.29, 0.717) is 5.88 Å². The molecule has 0 amide bonds. The Morgan fingerprint density at radius 2 is 2.25 bits per heavy atom. The highest BCUT2D eigenvalue weighted by Gasteiger charge is 2.19. The van der Waals surface area contributed by atoms with Crippen LogP contribution in [0.1, 0.15) is 29.5 Å². The molecule has 3 aromatic rings. The molecule has 0 aliphatic heterocycles. The highest BCUT2D eigenvalue weighted by molar-refractivity contribution is 7.09. The molecule has 3 aromatic heterocycles. The van der Waals surface area contributed by atoms with Gasteiger partial charge in [-0.05, 0) is 26.0 Å². The molecule has 0 saturated heterocycles. The van der Waals surface area contributed by atoms with Crippen LogP contribution in [0.4, 0.5) is 0 Å². The van der Waals surface area contributed by atoms with Crippen molar-refractivity contribution in [1.29, 1.82) is 0 Å². The Labute approximate surface area is 126 Å². The van der Waals surface area contributed by atoms with Crippen LogP contribution in [0.25, 0.3) is 11.2 Å². The summed E-state index contributed by atoms with van der Waals surface area (Å²) in [6.07, 6.45) is 2.53. The molecule has 0 aromatic carbocycles. The second-order valence-electron chi connectivity index (χ2n) is 4.69. The molecule has 4 nitrogen and oxygen atoms in total. The van der Waals surface area contributed by atoms with Gasteiger partial charge < -0.3 is 4.57 Å². The predicted octanol–water partition coefficient (Wildman–Crippen LogP) is 3.59. The van der Waals surface area contributed by atoms with Crippen LogP contribution in [0.15, 0.2) is 23.7 Å². The fourth-order valence-electron chi connectivity index (χ4n) is 2.32. The van der Waals surface area contributed by atoms with E-state index in [0.717, 1.165) is 34.1 Å². The molecular weight excluding hydrogens is 292 g/mol. The third-order valence-electron chi connectivity index (χ3n) is 3.22. The van der Waals surface area contributed by atoms with Crippen molar-refractivity contribution in [2.24, 2.45) is 0 Å². The zero-order valence-corrected chi connectivity index (χ0v) is 12.9. The minimum Gasteiger partial charge on any atom is -0.303 e. The molecule has 104 valence electrons. The Bertz CT molecular complexity index is 734. The number of aromatic nitrogens is 4. The average molecular weight is 307 g/mol. The van der Waals surface area contributed by atoms with E-state index in [1.54, 1.807) is 17.5 Å². The van der Waals surface area contributed by atoms with Gasteiger partial charge in [-0.3, -0.25) is 0 Å². The number of hydrogen-bond donors (Lipinski definition) is 0. The molecule has 0 spiro atoms. The fourth-order valence-corrected chi connectivity index (χ4v) is 3.33. The first kappa shape index (κ1) is 13.5. The minimum absolute atomic E-state index is 0.117. The number of rotatable bonds is 4. The van der Waals surface area contributed by atoms with Crippen LogP contribution < -0.4 is 0 Å². The highest BCUT2D eigenvalue weighted by Crippen LogP contribution is 2.27. The number of aryl methyl sites for hydroxylation is 2. The first-order valence-corrected chi connectivity index (χ1v) is 7.92. The summed E-state index contributed by atoms with van der Waals surface area (Å²) >= 11 is 7.57. The lowest BCUT2D eigenvalue weighted by Crippen LogP contribution is -2.11. The summed E-state index contributed by atoms with van der Waals surface area (Å²) in [5.41, 5.74) is 2.86. The molecule has 0 N–H and O–H groups in total. The van der Waals surface area contributed by atoms with E-state index < -0.39 is 0 Å². The predicted molar refractivity (Wildman–Crippen MR) is 82.6 cm³/mol. The van der Waals surface area contributed by atoms with Gasteiger partial charge >= 0.3 is 0 Å². The smallest absolute Gasteiger partial charge is 0.160 e. The Hall–Kier alpha value is -1.46. The molecular formula is C14H15ClN4S. The standard InChI is InChI=1S/C14H15ClN4S/c1-9-8-20-14(17-9)10(2)19-12(5-6-15)18-11-4-3-7-16-13(11)19/h3-4,7-8,10H,5-6H2,1-2H3. The van der Waals surface area contributed by atoms with Crippen molar-refractivity contribution in [3.05, 3.63) is 40.2 Å². The zero-order valence-electron chi connectivity index (χ0n) is 11.4. The van der Waals surface area contributed by atoms with E-state index in [9.17, 15) is 0 Å². The quantitative estimate of drug-likeness (QED) is 0.692. The second kappa shape index (κ2) is 5.50. The van der Waals surface area contributed by atoms with Crippen molar-refractivity contribution in [3.8, 4) is 0 Å². The second-order valence-corrected chi connectivity index (χ2v) is 5.95. The summed E-state index contributed by atoms with van der Waals surface area (Å²) in [6.45, 7) is 4.14. The molecule has 20 heavy (non-hydrogen) atoms. The maximum Gasteiger partial charge on any atom is 0.160 e. The van der Waals surface area contributed by atoms with E-state index in [4.69, 9.17) is 11.6 Å². The van der Waals surface area contributed by atoms with Crippen molar-refractivity contribution in [3.63, 3.8) is 0 Å². The number of fused-ring (bicyclic) bond motifs is 1. The van der Waals surface area contributed by atoms with Gasteiger partial charge in [-0.1, -0.05) is 0 Å². The van der Waals surface area contributed by atoms with Crippen LogP contribution in [0, 0.1) is 6.92 Å². The van der Waals surface area contributed by atoms with Gasteiger partial charge in [-0.2, -0.15) is 0 Å². The van der Waals surface area contributed by atoms with Crippen molar-refractivity contribution >= 4 is 34.1 Å². The Balaban J connectivity index is 2.15. The zero-order chi connectivity index (χ0) is 14.1. The summed E-state index contributed by atoms with van der Waals surface area (Å²) in [7, 11) is 0. The molecule has 0 aliphatic rings. The molecule has 1 atom stereocenters. The van der Waals surface area contributed by atoms with Crippen LogP contribution in [0.2, 0.25) is 0 Å². The molecule has 6 heteroatoms. The molecule has 0 aliphatic carbocycles. The Morgan fingerprint density at radius 3 is 2.95 bits per heavy atom. The van der Waals surface area contributed by atoms with E-state index in [1.165, 1.54) is 0 Å². The number of thiazole rings is 1. The molecule has 0 fully saturated rings. The van der Waals surface area contributed by atoms with Gasteiger partial charge in [0.2, 0.25) is 0 Å². The number of halogens is 1. The van der Waals surface area contributed by atoms with Gasteiger partial charge in [0.15, 0.2) is 5.65 Å². The Morgan fingerprint density at radius 1 is 1.40 bits per heavy atom. The van der Waals surface area contributed by atoms with E-state index in [1.807, 2.05) is 19.1 Å². The molecule has 1 unspecified atom stereocenters. The van der Waals surface area contributed by atoms with Crippen LogP contribution in [-0.4, -0.2) is 25.4 Å². The van der Waals surface area contributed by atoms with E-state index >= 15 is 0 Å². The van der Waals surface area contributed by atoms with Gasteiger partial charge in [0.05, 0.1) is 6.04 Å². The monoisotopic (exact) mass is 306 g/mol. The first-order chi connectivity index (χ1) is 9.70. The normalized spacial score (nSPS) is 12.9. The summed E-state index contributed by atoms with van der Waals surface area (Å²) in [6, 6.07) is 4.01. The molecule has 0 radical (unpaired) electrons. The van der Waals surface area contributed by atoms with Crippen LogP contribution in [0.3, 0.4) is 0 Å². The number of imidazole rings is 1. The third-order valence-corrected chi connectivity index (χ3v) is 4.54. The summed E-state index contributed by atoms with van der Waals surface area (Å²) in [5, 5.41) is 3.14. The Kier molecular flexibility index (Phi) is 3.72. The van der Waals surface area contributed by atoms with Crippen molar-refractivity contribution in [2.75, 3.05) is 5.88 Å². The van der Waals surface area contributed by atoms with Crippen LogP contribution >= 0.6 is 22.9 Å². The molecule has 3 rings (SSSR count). The minimum atomic E-state index is 0.117. The summed E-state index contributed by atoms with van der Waals surface area (Å²) in [5.74, 6) is 1.52. The van der Waals surface area contributed by atoms with Gasteiger partial charge in [-0.25, -0.2) is 15.0 Å². The lowest BCUT2D eigenvalue weighted by Gasteiger charge is -2.14. The van der Waals surface area contributed by atoms with Crippen LogP contribution in [-0.2, 0) is 6.42 Å². The summed E-state index contributed by atoms with van der Waals surface area (Å²) < 4.78 is 2.15. The van der Waals surface area contributed by atoms with Crippen molar-refractivity contribution in [1.82, 2.24) is 19.5 Å². The van der Waals surface area contributed by atoms with Gasteiger partial charge in [-0.15, -0.1) is 22.9 Å². The van der Waals surface area contributed by atoms with Crippen molar-refractivity contribution in [2.45, 2.75) is 26.3 Å². The average Bonchev–Trinajstić information content (AvgIpc) is 3.02. The van der Waals surface area contributed by atoms with Gasteiger partial charge in [0.25, 0.3) is 0 Å². The van der Waals surface area contributed by atoms with Crippen LogP contribution in [0.5, 0.6) is 0 Å². The van der Waals surface area contributed by atoms with Crippen molar-refractivity contribution < 1.29 is 0 Å². The number of pyridine rings is 1. The van der Waals surface area contributed by atoms with Gasteiger partial charge in [0, 0.05) is 29.6 Å². The molecule has 3 heterocycles. The number of nitrogens with zero attached hydrogens (tertiary/aromatic N) is 4. The maximum atomic E-state index is 5.90. The summed E-state index contributed by atoms with van der Waals surface area (Å²) in [4.78, 5) is 13.7. The third kappa shape index (κ3) is 2.31. The lowest BCUT2D eigenvalue weighted by atomic mass is 10.3. The van der Waals surface area contributed by atoms with Gasteiger partial charge in [0.1, 0.15) is 16.3 Å².